The van der Waals surface area contributed by atoms with Gasteiger partial charge in [0, 0.05) is 10.4 Å². The van der Waals surface area contributed by atoms with E-state index >= 15 is 0 Å². The number of hydrazone groups is 1. The first-order valence-electron chi connectivity index (χ1n) is 10.9. The van der Waals surface area contributed by atoms with Crippen molar-refractivity contribution < 1.29 is 14.3 Å². The Morgan fingerprint density at radius 1 is 1.03 bits per heavy atom. The highest BCUT2D eigenvalue weighted by Gasteiger charge is 2.13. The highest BCUT2D eigenvalue weighted by molar-refractivity contribution is 7.16. The summed E-state index contributed by atoms with van der Waals surface area (Å²) in [5.74, 6) is 0.409. The summed E-state index contributed by atoms with van der Waals surface area (Å²) < 4.78 is 11.3. The Morgan fingerprint density at radius 2 is 1.85 bits per heavy atom. The van der Waals surface area contributed by atoms with Gasteiger partial charge in [0.05, 0.1) is 24.1 Å². The van der Waals surface area contributed by atoms with Crippen LogP contribution in [0.4, 0.5) is 5.13 Å². The second-order valence-corrected chi connectivity index (χ2v) is 8.76. The summed E-state index contributed by atoms with van der Waals surface area (Å²) in [5, 5.41) is 5.03. The number of aromatic nitrogens is 1. The fourth-order valence-electron chi connectivity index (χ4n) is 3.36. The Balaban J connectivity index is 1.46. The number of rotatable bonds is 8. The summed E-state index contributed by atoms with van der Waals surface area (Å²) in [4.78, 5) is 18.3. The van der Waals surface area contributed by atoms with E-state index in [1.165, 1.54) is 0 Å². The topological polar surface area (TPSA) is 72.8 Å². The zero-order chi connectivity index (χ0) is 23.9. The van der Waals surface area contributed by atoms with Crippen LogP contribution in [0.25, 0.3) is 11.3 Å². The number of hydrogen-bond acceptors (Lipinski definition) is 7. The summed E-state index contributed by atoms with van der Waals surface area (Å²) in [7, 11) is 0. The predicted molar refractivity (Wildman–Crippen MR) is 137 cm³/mol. The number of nitrogens with zero attached hydrogens (tertiary/aromatic N) is 2. The number of carbonyl (C=O) groups is 1. The maximum atomic E-state index is 12.5. The Bertz CT molecular complexity index is 1320. The molecule has 0 spiro atoms. The van der Waals surface area contributed by atoms with Gasteiger partial charge in [-0.3, -0.25) is 5.43 Å². The molecule has 0 aliphatic rings. The zero-order valence-electron chi connectivity index (χ0n) is 19.2. The number of aryl methyl sites for hydroxylation is 2. The summed E-state index contributed by atoms with van der Waals surface area (Å²) in [6.07, 6.45) is 1.67. The van der Waals surface area contributed by atoms with Crippen LogP contribution in [0.3, 0.4) is 0 Å². The number of carbonyl (C=O) groups excluding carboxylic acids is 1. The summed E-state index contributed by atoms with van der Waals surface area (Å²) >= 11 is 1.55. The molecule has 0 unspecified atom stereocenters. The van der Waals surface area contributed by atoms with Gasteiger partial charge in [0.15, 0.2) is 11.5 Å². The van der Waals surface area contributed by atoms with Crippen LogP contribution in [-0.2, 0) is 0 Å². The Hall–Kier alpha value is -3.97. The van der Waals surface area contributed by atoms with Gasteiger partial charge in [-0.15, -0.1) is 11.3 Å². The number of ether oxygens (including phenoxy) is 2. The molecule has 172 valence electrons. The largest absolute Gasteiger partial charge is 0.490 e. The second kappa shape index (κ2) is 10.8. The molecule has 0 amide bonds. The van der Waals surface area contributed by atoms with Gasteiger partial charge >= 0.3 is 5.97 Å². The van der Waals surface area contributed by atoms with Gasteiger partial charge in [0.1, 0.15) is 0 Å². The molecule has 0 saturated heterocycles. The fraction of sp³-hybridized carbons (Fsp3) is 0.148. The van der Waals surface area contributed by atoms with Crippen molar-refractivity contribution in [2.45, 2.75) is 20.8 Å². The smallest absolute Gasteiger partial charge is 0.343 e. The molecule has 6 nitrogen and oxygen atoms in total. The summed E-state index contributed by atoms with van der Waals surface area (Å²) in [6, 6.07) is 22.6. The van der Waals surface area contributed by atoms with E-state index in [2.05, 4.69) is 15.5 Å². The molecule has 1 heterocycles. The van der Waals surface area contributed by atoms with Crippen molar-refractivity contribution in [3.05, 3.63) is 94.4 Å². The van der Waals surface area contributed by atoms with Crippen molar-refractivity contribution in [3.63, 3.8) is 0 Å². The lowest BCUT2D eigenvalue weighted by Gasteiger charge is -2.11. The number of esters is 1. The van der Waals surface area contributed by atoms with E-state index in [1.54, 1.807) is 41.8 Å². The minimum absolute atomic E-state index is 0.363. The molecule has 0 aliphatic carbocycles. The van der Waals surface area contributed by atoms with Gasteiger partial charge in [0.25, 0.3) is 0 Å². The highest BCUT2D eigenvalue weighted by Crippen LogP contribution is 2.31. The molecule has 0 radical (unpaired) electrons. The average Bonchev–Trinajstić information content (AvgIpc) is 3.21. The third kappa shape index (κ3) is 5.68. The monoisotopic (exact) mass is 471 g/mol. The van der Waals surface area contributed by atoms with E-state index in [-0.39, 0.29) is 0 Å². The van der Waals surface area contributed by atoms with E-state index in [0.29, 0.717) is 28.8 Å². The van der Waals surface area contributed by atoms with Crippen molar-refractivity contribution in [1.82, 2.24) is 4.98 Å². The van der Waals surface area contributed by atoms with Crippen LogP contribution in [0.1, 0.15) is 33.3 Å². The first kappa shape index (κ1) is 23.2. The molecular weight excluding hydrogens is 446 g/mol. The molecule has 34 heavy (non-hydrogen) atoms. The van der Waals surface area contributed by atoms with Crippen LogP contribution in [0.5, 0.6) is 11.5 Å². The molecular formula is C27H25N3O3S. The molecule has 1 N–H and O–H groups in total. The molecule has 0 atom stereocenters. The average molecular weight is 472 g/mol. The second-order valence-electron chi connectivity index (χ2n) is 7.56. The molecule has 0 saturated carbocycles. The molecule has 1 aromatic heterocycles. The molecule has 4 aromatic rings. The van der Waals surface area contributed by atoms with Crippen molar-refractivity contribution in [2.75, 3.05) is 12.0 Å². The molecule has 3 aromatic carbocycles. The van der Waals surface area contributed by atoms with Gasteiger partial charge in [-0.05, 0) is 56.7 Å². The third-order valence-electron chi connectivity index (χ3n) is 4.94. The quantitative estimate of drug-likeness (QED) is 0.138. The van der Waals surface area contributed by atoms with E-state index in [1.807, 2.05) is 69.3 Å². The predicted octanol–water partition coefficient (Wildman–Crippen LogP) is 6.49. The lowest BCUT2D eigenvalue weighted by Crippen LogP contribution is -2.10. The highest BCUT2D eigenvalue weighted by atomic mass is 32.1. The van der Waals surface area contributed by atoms with E-state index < -0.39 is 5.97 Å². The number of thiazole rings is 1. The Morgan fingerprint density at radius 3 is 2.62 bits per heavy atom. The maximum absolute atomic E-state index is 12.5. The minimum Gasteiger partial charge on any atom is -0.490 e. The van der Waals surface area contributed by atoms with Gasteiger partial charge < -0.3 is 9.47 Å². The number of anilines is 1. The standard InChI is InChI=1S/C27H25N3O3S/c1-4-32-24-16-20(13-14-23(24)33-26(31)22-12-8-9-18(2)15-22)17-28-30-27-29-25(19(3)34-27)21-10-6-5-7-11-21/h5-17H,4H2,1-3H3,(H,29,30)/b28-17-. The first-order valence-corrected chi connectivity index (χ1v) is 11.7. The SMILES string of the molecule is CCOc1cc(/C=N\Nc2nc(-c3ccccc3)c(C)s2)ccc1OC(=O)c1cccc(C)c1. The van der Waals surface area contributed by atoms with E-state index in [0.717, 1.165) is 27.3 Å². The number of benzene rings is 3. The minimum atomic E-state index is -0.430. The van der Waals surface area contributed by atoms with Gasteiger partial charge in [-0.25, -0.2) is 9.78 Å². The lowest BCUT2D eigenvalue weighted by molar-refractivity contribution is 0.0728. The molecule has 0 bridgehead atoms. The molecule has 0 fully saturated rings. The zero-order valence-corrected chi connectivity index (χ0v) is 20.1. The van der Waals surface area contributed by atoms with Crippen molar-refractivity contribution in [2.24, 2.45) is 5.10 Å². The summed E-state index contributed by atoms with van der Waals surface area (Å²) in [5.41, 5.74) is 7.30. The van der Waals surface area contributed by atoms with Gasteiger partial charge in [-0.1, -0.05) is 48.0 Å². The molecule has 4 rings (SSSR count). The summed E-state index contributed by atoms with van der Waals surface area (Å²) in [6.45, 7) is 6.29. The molecule has 0 aliphatic heterocycles. The maximum Gasteiger partial charge on any atom is 0.343 e. The van der Waals surface area contributed by atoms with E-state index in [4.69, 9.17) is 9.47 Å². The number of nitrogens with one attached hydrogen (secondary N) is 1. The van der Waals surface area contributed by atoms with Crippen molar-refractivity contribution in [3.8, 4) is 22.8 Å². The van der Waals surface area contributed by atoms with Crippen LogP contribution in [0, 0.1) is 13.8 Å². The number of hydrogen-bond donors (Lipinski definition) is 1. The van der Waals surface area contributed by atoms with Gasteiger partial charge in [0.2, 0.25) is 5.13 Å². The fourth-order valence-corrected chi connectivity index (χ4v) is 4.14. The van der Waals surface area contributed by atoms with Crippen molar-refractivity contribution in [1.29, 1.82) is 0 Å². The van der Waals surface area contributed by atoms with E-state index in [9.17, 15) is 4.79 Å². The third-order valence-corrected chi connectivity index (χ3v) is 5.82. The van der Waals surface area contributed by atoms with Gasteiger partial charge in [-0.2, -0.15) is 5.10 Å². The normalized spacial score (nSPS) is 10.9. The lowest BCUT2D eigenvalue weighted by atomic mass is 10.1. The first-order chi connectivity index (χ1) is 16.5. The molecule has 7 heteroatoms. The Labute approximate surface area is 202 Å². The van der Waals surface area contributed by atoms with Crippen LogP contribution in [-0.4, -0.2) is 23.8 Å². The van der Waals surface area contributed by atoms with Crippen LogP contribution in [0.15, 0.2) is 77.9 Å². The van der Waals surface area contributed by atoms with Crippen LogP contribution in [0.2, 0.25) is 0 Å². The van der Waals surface area contributed by atoms with Crippen molar-refractivity contribution >= 4 is 28.7 Å². The van der Waals surface area contributed by atoms with Crippen LogP contribution >= 0.6 is 11.3 Å². The Kier molecular flexibility index (Phi) is 7.34. The van der Waals surface area contributed by atoms with Crippen LogP contribution < -0.4 is 14.9 Å².